The number of rotatable bonds is 5. The fraction of sp³-hybridized carbons (Fsp3) is 0.467. The summed E-state index contributed by atoms with van der Waals surface area (Å²) in [6.07, 6.45) is 0.542. The molecule has 0 saturated heterocycles. The van der Waals surface area contributed by atoms with Crippen LogP contribution in [0.15, 0.2) is 18.2 Å². The lowest BCUT2D eigenvalue weighted by atomic mass is 10.2. The van der Waals surface area contributed by atoms with Crippen molar-refractivity contribution in [2.24, 2.45) is 0 Å². The Morgan fingerprint density at radius 1 is 1.23 bits per heavy atom. The topological polar surface area (TPSA) is 67.4 Å². The molecule has 22 heavy (non-hydrogen) atoms. The van der Waals surface area contributed by atoms with Crippen molar-refractivity contribution in [1.29, 1.82) is 0 Å². The van der Waals surface area contributed by atoms with Gasteiger partial charge in [-0.05, 0) is 39.3 Å². The Kier molecular flexibility index (Phi) is 6.27. The van der Waals surface area contributed by atoms with E-state index in [0.29, 0.717) is 6.42 Å². The molecule has 0 saturated carbocycles. The van der Waals surface area contributed by atoms with Gasteiger partial charge in [0.1, 0.15) is 17.2 Å². The number of carbonyl (C=O) groups is 2. The minimum atomic E-state index is -0.731. The van der Waals surface area contributed by atoms with Gasteiger partial charge >= 0.3 is 12.0 Å². The number of carbonyl (C=O) groups excluding carboxylic acids is 2. The molecule has 0 heterocycles. The smallest absolute Gasteiger partial charge is 0.319 e. The molecule has 0 spiro atoms. The van der Waals surface area contributed by atoms with Gasteiger partial charge < -0.3 is 15.4 Å². The van der Waals surface area contributed by atoms with Crippen LogP contribution in [0.4, 0.5) is 19.3 Å². The molecule has 1 aromatic rings. The summed E-state index contributed by atoms with van der Waals surface area (Å²) < 4.78 is 31.4. The molecule has 1 rings (SSSR count). The molecule has 2 N–H and O–H groups in total. The van der Waals surface area contributed by atoms with Gasteiger partial charge in [-0.25, -0.2) is 13.6 Å². The standard InChI is InChI=1S/C15H20F2N2O3/c1-15(2,3)22-13(20)5-4-8-18-14(21)19-12-9-10(16)6-7-11(12)17/h6-7,9H,4-5,8H2,1-3H3,(H2,18,19,21). The molecule has 0 aliphatic carbocycles. The number of halogens is 2. The van der Waals surface area contributed by atoms with E-state index < -0.39 is 23.3 Å². The molecular weight excluding hydrogens is 294 g/mol. The lowest BCUT2D eigenvalue weighted by Crippen LogP contribution is -2.30. The normalized spacial score (nSPS) is 11.0. The first-order valence-electron chi connectivity index (χ1n) is 6.89. The van der Waals surface area contributed by atoms with Crippen molar-refractivity contribution in [3.8, 4) is 0 Å². The highest BCUT2D eigenvalue weighted by Crippen LogP contribution is 2.14. The summed E-state index contributed by atoms with van der Waals surface area (Å²) in [5, 5.41) is 4.65. The summed E-state index contributed by atoms with van der Waals surface area (Å²) >= 11 is 0. The molecular formula is C15H20F2N2O3. The van der Waals surface area contributed by atoms with Crippen LogP contribution in [0.5, 0.6) is 0 Å². The second-order valence-electron chi connectivity index (χ2n) is 5.70. The van der Waals surface area contributed by atoms with Crippen LogP contribution in [-0.2, 0) is 9.53 Å². The van der Waals surface area contributed by atoms with Gasteiger partial charge in [-0.2, -0.15) is 0 Å². The molecule has 0 aromatic heterocycles. The van der Waals surface area contributed by atoms with Gasteiger partial charge in [0.25, 0.3) is 0 Å². The Labute approximate surface area is 128 Å². The van der Waals surface area contributed by atoms with Crippen molar-refractivity contribution in [2.45, 2.75) is 39.2 Å². The molecule has 0 aliphatic rings. The predicted molar refractivity (Wildman–Crippen MR) is 78.5 cm³/mol. The maximum absolute atomic E-state index is 13.3. The van der Waals surface area contributed by atoms with Gasteiger partial charge in [-0.3, -0.25) is 4.79 Å². The highest BCUT2D eigenvalue weighted by molar-refractivity contribution is 5.89. The number of ether oxygens (including phenoxy) is 1. The summed E-state index contributed by atoms with van der Waals surface area (Å²) in [4.78, 5) is 23.0. The molecule has 0 atom stereocenters. The Balaban J connectivity index is 2.29. The number of amides is 2. The van der Waals surface area contributed by atoms with E-state index in [1.807, 2.05) is 0 Å². The fourth-order valence-corrected chi connectivity index (χ4v) is 1.59. The maximum Gasteiger partial charge on any atom is 0.319 e. The minimum absolute atomic E-state index is 0.159. The molecule has 0 aliphatic heterocycles. The Hall–Kier alpha value is -2.18. The summed E-state index contributed by atoms with van der Waals surface area (Å²) in [6.45, 7) is 5.51. The van der Waals surface area contributed by atoms with Gasteiger partial charge in [-0.1, -0.05) is 0 Å². The van der Waals surface area contributed by atoms with E-state index in [1.54, 1.807) is 20.8 Å². The number of hydrogen-bond donors (Lipinski definition) is 2. The van der Waals surface area contributed by atoms with Crippen LogP contribution < -0.4 is 10.6 Å². The molecule has 1 aromatic carbocycles. The average Bonchev–Trinajstić information content (AvgIpc) is 2.37. The van der Waals surface area contributed by atoms with Crippen LogP contribution in [0, 0.1) is 11.6 Å². The van der Waals surface area contributed by atoms with Crippen LogP contribution in [0.25, 0.3) is 0 Å². The number of nitrogens with one attached hydrogen (secondary N) is 2. The molecule has 2 amide bonds. The molecule has 0 unspecified atom stereocenters. The van der Waals surface area contributed by atoms with Gasteiger partial charge in [0.2, 0.25) is 0 Å². The Morgan fingerprint density at radius 3 is 2.55 bits per heavy atom. The van der Waals surface area contributed by atoms with Gasteiger partial charge in [0.05, 0.1) is 5.69 Å². The minimum Gasteiger partial charge on any atom is -0.460 e. The van der Waals surface area contributed by atoms with E-state index in [0.717, 1.165) is 18.2 Å². The lowest BCUT2D eigenvalue weighted by Gasteiger charge is -2.19. The van der Waals surface area contributed by atoms with Crippen LogP contribution in [0.2, 0.25) is 0 Å². The van der Waals surface area contributed by atoms with Gasteiger partial charge in [-0.15, -0.1) is 0 Å². The van der Waals surface area contributed by atoms with Crippen molar-refractivity contribution in [1.82, 2.24) is 5.32 Å². The largest absolute Gasteiger partial charge is 0.460 e. The first kappa shape index (κ1) is 17.9. The van der Waals surface area contributed by atoms with Crippen molar-refractivity contribution >= 4 is 17.7 Å². The molecule has 5 nitrogen and oxygen atoms in total. The van der Waals surface area contributed by atoms with Crippen molar-refractivity contribution in [3.05, 3.63) is 29.8 Å². The van der Waals surface area contributed by atoms with E-state index in [1.165, 1.54) is 0 Å². The quantitative estimate of drug-likeness (QED) is 0.648. The summed E-state index contributed by atoms with van der Waals surface area (Å²) in [7, 11) is 0. The summed E-state index contributed by atoms with van der Waals surface area (Å²) in [6, 6.07) is 2.09. The Morgan fingerprint density at radius 2 is 1.91 bits per heavy atom. The number of anilines is 1. The molecule has 0 radical (unpaired) electrons. The van der Waals surface area contributed by atoms with E-state index in [9.17, 15) is 18.4 Å². The van der Waals surface area contributed by atoms with E-state index in [-0.39, 0.29) is 24.6 Å². The van der Waals surface area contributed by atoms with Crippen molar-refractivity contribution in [2.75, 3.05) is 11.9 Å². The second kappa shape index (κ2) is 7.72. The molecule has 0 bridgehead atoms. The van der Waals surface area contributed by atoms with Crippen molar-refractivity contribution < 1.29 is 23.1 Å². The number of esters is 1. The van der Waals surface area contributed by atoms with E-state index in [4.69, 9.17) is 4.74 Å². The zero-order valence-electron chi connectivity index (χ0n) is 12.8. The third-order valence-electron chi connectivity index (χ3n) is 2.44. The molecule has 122 valence electrons. The zero-order chi connectivity index (χ0) is 16.8. The third kappa shape index (κ3) is 7.01. The highest BCUT2D eigenvalue weighted by Gasteiger charge is 2.15. The lowest BCUT2D eigenvalue weighted by molar-refractivity contribution is -0.154. The fourth-order valence-electron chi connectivity index (χ4n) is 1.59. The summed E-state index contributed by atoms with van der Waals surface area (Å²) in [5.41, 5.74) is -0.791. The monoisotopic (exact) mass is 314 g/mol. The molecule has 7 heteroatoms. The first-order valence-corrected chi connectivity index (χ1v) is 6.89. The van der Waals surface area contributed by atoms with Crippen LogP contribution in [0.3, 0.4) is 0 Å². The Bertz CT molecular complexity index is 542. The predicted octanol–water partition coefficient (Wildman–Crippen LogP) is 3.21. The number of urea groups is 1. The van der Waals surface area contributed by atoms with Gasteiger partial charge in [0.15, 0.2) is 0 Å². The average molecular weight is 314 g/mol. The maximum atomic E-state index is 13.3. The van der Waals surface area contributed by atoms with E-state index in [2.05, 4.69) is 10.6 Å². The summed E-state index contributed by atoms with van der Waals surface area (Å²) in [5.74, 6) is -1.74. The first-order chi connectivity index (χ1) is 10.2. The highest BCUT2D eigenvalue weighted by atomic mass is 19.1. The number of hydrogen-bond acceptors (Lipinski definition) is 3. The zero-order valence-corrected chi connectivity index (χ0v) is 12.8. The van der Waals surface area contributed by atoms with Gasteiger partial charge in [0, 0.05) is 19.0 Å². The van der Waals surface area contributed by atoms with Crippen LogP contribution in [-0.4, -0.2) is 24.1 Å². The number of benzene rings is 1. The van der Waals surface area contributed by atoms with Crippen LogP contribution >= 0.6 is 0 Å². The third-order valence-corrected chi connectivity index (χ3v) is 2.44. The molecule has 0 fully saturated rings. The van der Waals surface area contributed by atoms with Crippen molar-refractivity contribution in [3.63, 3.8) is 0 Å². The van der Waals surface area contributed by atoms with E-state index >= 15 is 0 Å². The second-order valence-corrected chi connectivity index (χ2v) is 5.70. The SMILES string of the molecule is CC(C)(C)OC(=O)CCCNC(=O)Nc1cc(F)ccc1F. The van der Waals surface area contributed by atoms with Crippen LogP contribution in [0.1, 0.15) is 33.6 Å².